The third-order valence-electron chi connectivity index (χ3n) is 5.95. The number of nitrogens with one attached hydrogen (secondary N) is 1. The van der Waals surface area contributed by atoms with Crippen molar-refractivity contribution in [2.24, 2.45) is 5.92 Å². The van der Waals surface area contributed by atoms with Gasteiger partial charge in [0.15, 0.2) is 0 Å². The number of piperidine rings is 1. The SMILES string of the molecule is CCO[C@](C)(C(=O)Nc1ccc(OCCN2CCCC[C@@H]2C)cc1)C1CC1. The van der Waals surface area contributed by atoms with Crippen LogP contribution in [0.5, 0.6) is 5.75 Å². The first-order valence-corrected chi connectivity index (χ1v) is 10.4. The van der Waals surface area contributed by atoms with Gasteiger partial charge in [0.2, 0.25) is 0 Å². The predicted molar refractivity (Wildman–Crippen MR) is 108 cm³/mol. The van der Waals surface area contributed by atoms with E-state index >= 15 is 0 Å². The fourth-order valence-electron chi connectivity index (χ4n) is 3.96. The van der Waals surface area contributed by atoms with Crippen LogP contribution < -0.4 is 10.1 Å². The summed E-state index contributed by atoms with van der Waals surface area (Å²) in [6.07, 6.45) is 6.05. The van der Waals surface area contributed by atoms with E-state index in [0.29, 0.717) is 25.2 Å². The normalized spacial score (nSPS) is 22.9. The van der Waals surface area contributed by atoms with Crippen LogP contribution in [0.1, 0.15) is 52.9 Å². The zero-order valence-corrected chi connectivity index (χ0v) is 17.0. The van der Waals surface area contributed by atoms with Crippen LogP contribution in [0.2, 0.25) is 0 Å². The quantitative estimate of drug-likeness (QED) is 0.707. The van der Waals surface area contributed by atoms with E-state index in [1.54, 1.807) is 0 Å². The van der Waals surface area contributed by atoms with Gasteiger partial charge in [0.1, 0.15) is 18.0 Å². The maximum atomic E-state index is 12.7. The Kier molecular flexibility index (Phi) is 6.77. The molecule has 0 radical (unpaired) electrons. The van der Waals surface area contributed by atoms with Gasteiger partial charge in [-0.3, -0.25) is 9.69 Å². The maximum absolute atomic E-state index is 12.7. The number of amides is 1. The first-order chi connectivity index (χ1) is 13.0. The Morgan fingerprint density at radius 1 is 1.22 bits per heavy atom. The average molecular weight is 375 g/mol. The van der Waals surface area contributed by atoms with E-state index in [2.05, 4.69) is 17.1 Å². The van der Waals surface area contributed by atoms with Gasteiger partial charge >= 0.3 is 0 Å². The van der Waals surface area contributed by atoms with Crippen LogP contribution in [0, 0.1) is 5.92 Å². The number of anilines is 1. The van der Waals surface area contributed by atoms with Crippen LogP contribution in [0.25, 0.3) is 0 Å². The molecule has 1 heterocycles. The molecule has 0 aromatic heterocycles. The summed E-state index contributed by atoms with van der Waals surface area (Å²) in [5.41, 5.74) is 0.0540. The van der Waals surface area contributed by atoms with Crippen LogP contribution in [-0.4, -0.2) is 48.8 Å². The van der Waals surface area contributed by atoms with E-state index < -0.39 is 5.60 Å². The van der Waals surface area contributed by atoms with Crippen molar-refractivity contribution in [3.8, 4) is 5.75 Å². The van der Waals surface area contributed by atoms with Crippen LogP contribution >= 0.6 is 0 Å². The lowest BCUT2D eigenvalue weighted by Crippen LogP contribution is -2.44. The summed E-state index contributed by atoms with van der Waals surface area (Å²) in [5.74, 6) is 1.12. The number of likely N-dealkylation sites (tertiary alicyclic amines) is 1. The summed E-state index contributed by atoms with van der Waals surface area (Å²) in [4.78, 5) is 15.2. The van der Waals surface area contributed by atoms with Gasteiger partial charge in [-0.05, 0) is 83.2 Å². The highest BCUT2D eigenvalue weighted by atomic mass is 16.5. The Morgan fingerprint density at radius 3 is 2.59 bits per heavy atom. The minimum absolute atomic E-state index is 0.0559. The second-order valence-electron chi connectivity index (χ2n) is 8.02. The Bertz CT molecular complexity index is 614. The molecule has 27 heavy (non-hydrogen) atoms. The molecule has 150 valence electrons. The third-order valence-corrected chi connectivity index (χ3v) is 5.95. The van der Waals surface area contributed by atoms with Crippen molar-refractivity contribution in [2.75, 3.05) is 31.6 Å². The molecule has 1 aliphatic carbocycles. The summed E-state index contributed by atoms with van der Waals surface area (Å²) in [7, 11) is 0. The van der Waals surface area contributed by atoms with E-state index in [0.717, 1.165) is 30.8 Å². The van der Waals surface area contributed by atoms with Crippen LogP contribution in [-0.2, 0) is 9.53 Å². The molecule has 0 unspecified atom stereocenters. The molecule has 2 atom stereocenters. The number of carbonyl (C=O) groups excluding carboxylic acids is 1. The summed E-state index contributed by atoms with van der Waals surface area (Å²) in [5, 5.41) is 3.00. The Morgan fingerprint density at radius 2 is 1.96 bits per heavy atom. The van der Waals surface area contributed by atoms with E-state index in [1.807, 2.05) is 38.1 Å². The Hall–Kier alpha value is -1.59. The minimum Gasteiger partial charge on any atom is -0.492 e. The van der Waals surface area contributed by atoms with Gasteiger partial charge in [0, 0.05) is 24.9 Å². The minimum atomic E-state index is -0.727. The fraction of sp³-hybridized carbons (Fsp3) is 0.682. The van der Waals surface area contributed by atoms with E-state index in [1.165, 1.54) is 25.8 Å². The molecule has 5 nitrogen and oxygen atoms in total. The van der Waals surface area contributed by atoms with Crippen molar-refractivity contribution in [3.63, 3.8) is 0 Å². The van der Waals surface area contributed by atoms with Crippen molar-refractivity contribution in [3.05, 3.63) is 24.3 Å². The summed E-state index contributed by atoms with van der Waals surface area (Å²) in [6, 6.07) is 8.30. The molecular formula is C22H34N2O3. The largest absolute Gasteiger partial charge is 0.492 e. The molecule has 3 rings (SSSR count). The number of rotatable bonds is 9. The molecule has 1 amide bonds. The molecule has 2 fully saturated rings. The van der Waals surface area contributed by atoms with Crippen LogP contribution in [0.3, 0.4) is 0 Å². The fourth-order valence-corrected chi connectivity index (χ4v) is 3.96. The lowest BCUT2D eigenvalue weighted by molar-refractivity contribution is -0.141. The highest BCUT2D eigenvalue weighted by Crippen LogP contribution is 2.42. The summed E-state index contributed by atoms with van der Waals surface area (Å²) >= 11 is 0. The molecule has 1 saturated heterocycles. The number of nitrogens with zero attached hydrogens (tertiary/aromatic N) is 1. The molecule has 1 saturated carbocycles. The molecule has 1 aliphatic heterocycles. The third kappa shape index (κ3) is 5.23. The van der Waals surface area contributed by atoms with Gasteiger partial charge in [-0.2, -0.15) is 0 Å². The number of hydrogen-bond donors (Lipinski definition) is 1. The second-order valence-corrected chi connectivity index (χ2v) is 8.02. The zero-order chi connectivity index (χ0) is 19.3. The Labute approximate surface area is 163 Å². The lowest BCUT2D eigenvalue weighted by atomic mass is 9.99. The standard InChI is InChI=1S/C22H34N2O3/c1-4-27-22(3,18-8-9-18)21(25)23-19-10-12-20(13-11-19)26-16-15-24-14-6-5-7-17(24)2/h10-13,17-18H,4-9,14-16H2,1-3H3,(H,23,25)/t17-,22-/m0/s1. The van der Waals surface area contributed by atoms with Crippen molar-refractivity contribution in [1.82, 2.24) is 4.90 Å². The Balaban J connectivity index is 1.47. The van der Waals surface area contributed by atoms with Gasteiger partial charge in [-0.1, -0.05) is 6.42 Å². The predicted octanol–water partition coefficient (Wildman–Crippen LogP) is 4.08. The highest BCUT2D eigenvalue weighted by molar-refractivity contribution is 5.97. The topological polar surface area (TPSA) is 50.8 Å². The smallest absolute Gasteiger partial charge is 0.256 e. The van der Waals surface area contributed by atoms with Crippen LogP contribution in [0.15, 0.2) is 24.3 Å². The van der Waals surface area contributed by atoms with Gasteiger partial charge < -0.3 is 14.8 Å². The maximum Gasteiger partial charge on any atom is 0.256 e. The summed E-state index contributed by atoms with van der Waals surface area (Å²) < 4.78 is 11.7. The summed E-state index contributed by atoms with van der Waals surface area (Å²) in [6.45, 7) is 9.52. The van der Waals surface area contributed by atoms with Crippen molar-refractivity contribution in [1.29, 1.82) is 0 Å². The van der Waals surface area contributed by atoms with E-state index in [-0.39, 0.29) is 5.91 Å². The first kappa shape index (κ1) is 20.2. The van der Waals surface area contributed by atoms with Crippen molar-refractivity contribution >= 4 is 11.6 Å². The second kappa shape index (κ2) is 9.07. The van der Waals surface area contributed by atoms with Gasteiger partial charge in [0.05, 0.1) is 0 Å². The van der Waals surface area contributed by atoms with Gasteiger partial charge in [-0.25, -0.2) is 0 Å². The van der Waals surface area contributed by atoms with Gasteiger partial charge in [0.25, 0.3) is 5.91 Å². The zero-order valence-electron chi connectivity index (χ0n) is 17.0. The highest BCUT2D eigenvalue weighted by Gasteiger charge is 2.48. The molecule has 0 spiro atoms. The molecule has 2 aliphatic rings. The molecule has 1 aromatic rings. The molecule has 5 heteroatoms. The number of carbonyl (C=O) groups is 1. The lowest BCUT2D eigenvalue weighted by Gasteiger charge is -2.33. The molecule has 1 aromatic carbocycles. The number of hydrogen-bond acceptors (Lipinski definition) is 4. The van der Waals surface area contributed by atoms with Crippen molar-refractivity contribution in [2.45, 2.75) is 64.5 Å². The average Bonchev–Trinajstić information content (AvgIpc) is 3.50. The molecular weight excluding hydrogens is 340 g/mol. The van der Waals surface area contributed by atoms with Gasteiger partial charge in [-0.15, -0.1) is 0 Å². The van der Waals surface area contributed by atoms with Crippen LogP contribution in [0.4, 0.5) is 5.69 Å². The van der Waals surface area contributed by atoms with Crippen molar-refractivity contribution < 1.29 is 14.3 Å². The molecule has 0 bridgehead atoms. The number of ether oxygens (including phenoxy) is 2. The van der Waals surface area contributed by atoms with E-state index in [9.17, 15) is 4.79 Å². The molecule has 1 N–H and O–H groups in total. The first-order valence-electron chi connectivity index (χ1n) is 10.4. The number of benzene rings is 1. The van der Waals surface area contributed by atoms with E-state index in [4.69, 9.17) is 9.47 Å². The monoisotopic (exact) mass is 374 g/mol.